The van der Waals surface area contributed by atoms with Crippen LogP contribution < -0.4 is 4.74 Å². The maximum absolute atomic E-state index is 5.52. The van der Waals surface area contributed by atoms with Crippen LogP contribution in [0.2, 0.25) is 0 Å². The molecule has 2 rings (SSSR count). The zero-order valence-corrected chi connectivity index (χ0v) is 8.10. The van der Waals surface area contributed by atoms with Gasteiger partial charge in [0.25, 0.3) is 0 Å². The van der Waals surface area contributed by atoms with Gasteiger partial charge >= 0.3 is 0 Å². The predicted octanol–water partition coefficient (Wildman–Crippen LogP) is 2.42. The molecule has 2 aromatic rings. The van der Waals surface area contributed by atoms with Crippen LogP contribution in [-0.2, 0) is 0 Å². The van der Waals surface area contributed by atoms with Crippen molar-refractivity contribution in [2.45, 2.75) is 13.3 Å². The van der Waals surface area contributed by atoms with E-state index in [1.54, 1.807) is 0 Å². The van der Waals surface area contributed by atoms with Gasteiger partial charge in [0.15, 0.2) is 0 Å². The zero-order chi connectivity index (χ0) is 9.80. The highest BCUT2D eigenvalue weighted by atomic mass is 16.5. The summed E-state index contributed by atoms with van der Waals surface area (Å²) in [5.41, 5.74) is 0.925. The molecule has 0 aliphatic heterocycles. The Kier molecular flexibility index (Phi) is 2.58. The number of nitrogens with zero attached hydrogens (tertiary/aromatic N) is 2. The Hall–Kier alpha value is -1.64. The highest BCUT2D eigenvalue weighted by Gasteiger charge is 2.02. The van der Waals surface area contributed by atoms with E-state index in [4.69, 9.17) is 4.74 Å². The molecule has 72 valence electrons. The molecular weight excluding hydrogens is 176 g/mol. The number of hydrogen-bond acceptors (Lipinski definition) is 3. The summed E-state index contributed by atoms with van der Waals surface area (Å²) >= 11 is 0. The molecule has 0 saturated carbocycles. The quantitative estimate of drug-likeness (QED) is 0.742. The highest BCUT2D eigenvalue weighted by molar-refractivity contribution is 5.82. The van der Waals surface area contributed by atoms with Gasteiger partial charge in [0.1, 0.15) is 6.33 Å². The summed E-state index contributed by atoms with van der Waals surface area (Å²) in [4.78, 5) is 8.27. The second kappa shape index (κ2) is 4.05. The average Bonchev–Trinajstić information content (AvgIpc) is 2.26. The van der Waals surface area contributed by atoms with Gasteiger partial charge in [-0.3, -0.25) is 0 Å². The van der Waals surface area contributed by atoms with Crippen LogP contribution in [0.1, 0.15) is 13.3 Å². The van der Waals surface area contributed by atoms with E-state index in [-0.39, 0.29) is 0 Å². The minimum absolute atomic E-state index is 0.678. The number of hydrogen-bond donors (Lipinski definition) is 0. The lowest BCUT2D eigenvalue weighted by molar-refractivity contribution is 0.309. The van der Waals surface area contributed by atoms with Gasteiger partial charge in [0, 0.05) is 0 Å². The van der Waals surface area contributed by atoms with Crippen LogP contribution in [0.15, 0.2) is 30.6 Å². The minimum Gasteiger partial charge on any atom is -0.477 e. The van der Waals surface area contributed by atoms with E-state index in [9.17, 15) is 0 Å². The van der Waals surface area contributed by atoms with Gasteiger partial charge in [-0.1, -0.05) is 19.1 Å². The molecule has 0 atom stereocenters. The van der Waals surface area contributed by atoms with E-state index in [1.807, 2.05) is 24.3 Å². The van der Waals surface area contributed by atoms with Crippen molar-refractivity contribution in [2.24, 2.45) is 0 Å². The lowest BCUT2D eigenvalue weighted by Crippen LogP contribution is -1.98. The Morgan fingerprint density at radius 2 is 2.07 bits per heavy atom. The molecule has 0 bridgehead atoms. The number of fused-ring (bicyclic) bond motifs is 1. The molecule has 3 nitrogen and oxygen atoms in total. The van der Waals surface area contributed by atoms with E-state index >= 15 is 0 Å². The monoisotopic (exact) mass is 188 g/mol. The number of para-hydroxylation sites is 1. The van der Waals surface area contributed by atoms with Crippen LogP contribution in [-0.4, -0.2) is 16.6 Å². The van der Waals surface area contributed by atoms with Crippen molar-refractivity contribution in [3.8, 4) is 5.88 Å². The summed E-state index contributed by atoms with van der Waals surface area (Å²) in [5, 5.41) is 0.975. The molecular formula is C11H12N2O. The molecule has 0 saturated heterocycles. The average molecular weight is 188 g/mol. The fourth-order valence-corrected chi connectivity index (χ4v) is 1.29. The predicted molar refractivity (Wildman–Crippen MR) is 55.3 cm³/mol. The Labute approximate surface area is 82.8 Å². The molecule has 0 spiro atoms. The summed E-state index contributed by atoms with van der Waals surface area (Å²) in [6.45, 7) is 2.77. The Bertz CT molecular complexity index is 423. The van der Waals surface area contributed by atoms with Gasteiger partial charge < -0.3 is 4.74 Å². The molecule has 0 N–H and O–H groups in total. The third-order valence-corrected chi connectivity index (χ3v) is 1.95. The standard InChI is InChI=1S/C11H12N2O/c1-2-7-14-11-9-5-3-4-6-10(9)12-8-13-11/h3-6,8H,2,7H2,1H3. The molecule has 0 unspecified atom stereocenters. The molecule has 0 amide bonds. The minimum atomic E-state index is 0.678. The van der Waals surface area contributed by atoms with Gasteiger partial charge in [-0.05, 0) is 18.6 Å². The first kappa shape index (κ1) is 8.94. The number of ether oxygens (including phenoxy) is 1. The van der Waals surface area contributed by atoms with E-state index in [0.29, 0.717) is 12.5 Å². The summed E-state index contributed by atoms with van der Waals surface area (Å²) in [6, 6.07) is 7.85. The molecule has 14 heavy (non-hydrogen) atoms. The van der Waals surface area contributed by atoms with Crippen molar-refractivity contribution < 1.29 is 4.74 Å². The molecule has 1 aromatic heterocycles. The van der Waals surface area contributed by atoms with E-state index in [0.717, 1.165) is 17.3 Å². The van der Waals surface area contributed by atoms with Gasteiger partial charge in [-0.15, -0.1) is 0 Å². The first-order chi connectivity index (χ1) is 6.92. The first-order valence-corrected chi connectivity index (χ1v) is 4.74. The maximum atomic E-state index is 5.52. The number of rotatable bonds is 3. The van der Waals surface area contributed by atoms with Crippen molar-refractivity contribution in [3.05, 3.63) is 30.6 Å². The Balaban J connectivity index is 2.43. The molecule has 3 heteroatoms. The Morgan fingerprint density at radius 3 is 2.93 bits per heavy atom. The molecule has 0 aliphatic carbocycles. The van der Waals surface area contributed by atoms with Gasteiger partial charge in [0.2, 0.25) is 5.88 Å². The van der Waals surface area contributed by atoms with E-state index in [1.165, 1.54) is 6.33 Å². The van der Waals surface area contributed by atoms with Crippen molar-refractivity contribution in [1.29, 1.82) is 0 Å². The molecule has 1 heterocycles. The van der Waals surface area contributed by atoms with Crippen LogP contribution in [0.5, 0.6) is 5.88 Å². The van der Waals surface area contributed by atoms with Crippen LogP contribution in [0, 0.1) is 0 Å². The van der Waals surface area contributed by atoms with Gasteiger partial charge in [-0.25, -0.2) is 9.97 Å². The zero-order valence-electron chi connectivity index (χ0n) is 8.10. The van der Waals surface area contributed by atoms with Crippen molar-refractivity contribution in [3.63, 3.8) is 0 Å². The van der Waals surface area contributed by atoms with Crippen LogP contribution >= 0.6 is 0 Å². The van der Waals surface area contributed by atoms with Crippen molar-refractivity contribution in [2.75, 3.05) is 6.61 Å². The van der Waals surface area contributed by atoms with Crippen LogP contribution in [0.3, 0.4) is 0 Å². The largest absolute Gasteiger partial charge is 0.477 e. The SMILES string of the molecule is CCCOc1ncnc2ccccc12. The smallest absolute Gasteiger partial charge is 0.224 e. The van der Waals surface area contributed by atoms with Gasteiger partial charge in [-0.2, -0.15) is 0 Å². The third kappa shape index (κ3) is 1.66. The van der Waals surface area contributed by atoms with Crippen LogP contribution in [0.25, 0.3) is 10.9 Å². The summed E-state index contributed by atoms with van der Waals surface area (Å²) in [6.07, 6.45) is 2.52. The molecule has 0 radical (unpaired) electrons. The van der Waals surface area contributed by atoms with Gasteiger partial charge in [0.05, 0.1) is 17.5 Å². The molecule has 0 fully saturated rings. The normalized spacial score (nSPS) is 10.4. The summed E-state index contributed by atoms with van der Waals surface area (Å²) in [5.74, 6) is 0.678. The van der Waals surface area contributed by atoms with Crippen LogP contribution in [0.4, 0.5) is 0 Å². The Morgan fingerprint density at radius 1 is 1.21 bits per heavy atom. The summed E-state index contributed by atoms with van der Waals surface area (Å²) < 4.78 is 5.52. The molecule has 0 aliphatic rings. The lowest BCUT2D eigenvalue weighted by atomic mass is 10.2. The number of benzene rings is 1. The number of aromatic nitrogens is 2. The highest BCUT2D eigenvalue weighted by Crippen LogP contribution is 2.20. The first-order valence-electron chi connectivity index (χ1n) is 4.74. The van der Waals surface area contributed by atoms with Crippen molar-refractivity contribution in [1.82, 2.24) is 9.97 Å². The topological polar surface area (TPSA) is 35.0 Å². The maximum Gasteiger partial charge on any atom is 0.224 e. The second-order valence-corrected chi connectivity index (χ2v) is 3.04. The lowest BCUT2D eigenvalue weighted by Gasteiger charge is -2.05. The fraction of sp³-hybridized carbons (Fsp3) is 0.273. The fourth-order valence-electron chi connectivity index (χ4n) is 1.29. The second-order valence-electron chi connectivity index (χ2n) is 3.04. The van der Waals surface area contributed by atoms with Crippen molar-refractivity contribution >= 4 is 10.9 Å². The summed E-state index contributed by atoms with van der Waals surface area (Å²) in [7, 11) is 0. The van der Waals surface area contributed by atoms with E-state index in [2.05, 4.69) is 16.9 Å². The molecule has 1 aromatic carbocycles. The van der Waals surface area contributed by atoms with E-state index < -0.39 is 0 Å². The third-order valence-electron chi connectivity index (χ3n) is 1.95.